The summed E-state index contributed by atoms with van der Waals surface area (Å²) < 4.78 is 5.03. The molecule has 0 aliphatic rings. The highest BCUT2D eigenvalue weighted by atomic mass is 35.5. The number of nitrogens with zero attached hydrogens (tertiary/aromatic N) is 1. The van der Waals surface area contributed by atoms with Crippen LogP contribution in [0.4, 0.5) is 0 Å². The van der Waals surface area contributed by atoms with Gasteiger partial charge in [0.25, 0.3) is 0 Å². The van der Waals surface area contributed by atoms with E-state index in [2.05, 4.69) is 17.2 Å². The molecule has 15 heavy (non-hydrogen) atoms. The Bertz CT molecular complexity index is 276. The fraction of sp³-hybridized carbons (Fsp3) is 0.545. The van der Waals surface area contributed by atoms with Crippen LogP contribution in [-0.2, 0) is 11.2 Å². The lowest BCUT2D eigenvalue weighted by Crippen LogP contribution is -2.31. The third-order valence-electron chi connectivity index (χ3n) is 2.11. The lowest BCUT2D eigenvalue weighted by atomic mass is 10.2. The van der Waals surface area contributed by atoms with Crippen molar-refractivity contribution in [1.82, 2.24) is 10.3 Å². The quantitative estimate of drug-likeness (QED) is 0.756. The second-order valence-corrected chi connectivity index (χ2v) is 3.94. The molecule has 0 amide bonds. The molecule has 1 aromatic rings. The summed E-state index contributed by atoms with van der Waals surface area (Å²) in [5.41, 5.74) is 1.19. The van der Waals surface area contributed by atoms with E-state index < -0.39 is 0 Å². The van der Waals surface area contributed by atoms with Crippen molar-refractivity contribution in [3.8, 4) is 0 Å². The van der Waals surface area contributed by atoms with Crippen LogP contribution in [0.3, 0.4) is 0 Å². The molecule has 1 unspecified atom stereocenters. The Morgan fingerprint density at radius 1 is 1.53 bits per heavy atom. The van der Waals surface area contributed by atoms with E-state index in [0.29, 0.717) is 11.2 Å². The summed E-state index contributed by atoms with van der Waals surface area (Å²) in [5, 5.41) is 3.90. The van der Waals surface area contributed by atoms with Crippen molar-refractivity contribution in [3.05, 3.63) is 29.0 Å². The van der Waals surface area contributed by atoms with Crippen LogP contribution in [-0.4, -0.2) is 31.3 Å². The molecule has 0 radical (unpaired) electrons. The maximum Gasteiger partial charge on any atom is 0.129 e. The van der Waals surface area contributed by atoms with Gasteiger partial charge in [0.05, 0.1) is 6.61 Å². The van der Waals surface area contributed by atoms with Gasteiger partial charge in [-0.25, -0.2) is 4.98 Å². The van der Waals surface area contributed by atoms with Gasteiger partial charge in [0, 0.05) is 19.3 Å². The minimum absolute atomic E-state index is 0.384. The maximum atomic E-state index is 5.69. The first-order valence-corrected chi connectivity index (χ1v) is 5.43. The second-order valence-electron chi connectivity index (χ2n) is 3.55. The van der Waals surface area contributed by atoms with Crippen molar-refractivity contribution < 1.29 is 4.74 Å². The molecule has 3 nitrogen and oxygen atoms in total. The first-order valence-electron chi connectivity index (χ1n) is 5.05. The van der Waals surface area contributed by atoms with Gasteiger partial charge in [-0.3, -0.25) is 0 Å². The molecule has 4 heteroatoms. The van der Waals surface area contributed by atoms with E-state index in [0.717, 1.165) is 19.6 Å². The summed E-state index contributed by atoms with van der Waals surface area (Å²) in [6, 6.07) is 4.20. The average Bonchev–Trinajstić information content (AvgIpc) is 2.21. The van der Waals surface area contributed by atoms with Crippen molar-refractivity contribution in [2.75, 3.05) is 20.3 Å². The van der Waals surface area contributed by atoms with Gasteiger partial charge < -0.3 is 10.1 Å². The summed E-state index contributed by atoms with van der Waals surface area (Å²) in [5.74, 6) is 0. The molecule has 0 aliphatic heterocycles. The number of ether oxygens (including phenoxy) is 1. The van der Waals surface area contributed by atoms with Crippen LogP contribution < -0.4 is 5.32 Å². The number of rotatable bonds is 6. The van der Waals surface area contributed by atoms with Crippen molar-refractivity contribution in [3.63, 3.8) is 0 Å². The van der Waals surface area contributed by atoms with Crippen molar-refractivity contribution >= 4 is 11.6 Å². The number of aromatic nitrogens is 1. The number of pyridine rings is 1. The third kappa shape index (κ3) is 5.11. The van der Waals surface area contributed by atoms with E-state index in [1.54, 1.807) is 7.11 Å². The topological polar surface area (TPSA) is 34.1 Å². The summed E-state index contributed by atoms with van der Waals surface area (Å²) in [6.07, 6.45) is 2.77. The predicted octanol–water partition coefficient (Wildman–Crippen LogP) is 1.90. The van der Waals surface area contributed by atoms with Gasteiger partial charge in [-0.1, -0.05) is 17.7 Å². The largest absolute Gasteiger partial charge is 0.383 e. The number of methoxy groups -OCH3 is 1. The normalized spacial score (nSPS) is 12.7. The highest BCUT2D eigenvalue weighted by Crippen LogP contribution is 2.05. The summed E-state index contributed by atoms with van der Waals surface area (Å²) in [4.78, 5) is 4.03. The zero-order valence-corrected chi connectivity index (χ0v) is 9.92. The zero-order chi connectivity index (χ0) is 11.1. The lowest BCUT2D eigenvalue weighted by Gasteiger charge is -2.12. The van der Waals surface area contributed by atoms with E-state index in [1.165, 1.54) is 5.56 Å². The standard InChI is InChI=1S/C11H17ClN2O/c1-9(8-15-2)13-6-5-10-3-4-11(12)14-7-10/h3-4,7,9,13H,5-6,8H2,1-2H3. The Morgan fingerprint density at radius 3 is 2.93 bits per heavy atom. The van der Waals surface area contributed by atoms with E-state index >= 15 is 0 Å². The van der Waals surface area contributed by atoms with E-state index in [1.807, 2.05) is 18.3 Å². The number of nitrogens with one attached hydrogen (secondary N) is 1. The first kappa shape index (κ1) is 12.4. The Hall–Kier alpha value is -0.640. The molecule has 0 saturated heterocycles. The van der Waals surface area contributed by atoms with E-state index in [9.17, 15) is 0 Å². The van der Waals surface area contributed by atoms with Gasteiger partial charge in [0.15, 0.2) is 0 Å². The highest BCUT2D eigenvalue weighted by molar-refractivity contribution is 6.29. The molecule has 0 fully saturated rings. The fourth-order valence-electron chi connectivity index (χ4n) is 1.33. The molecule has 1 heterocycles. The SMILES string of the molecule is COCC(C)NCCc1ccc(Cl)nc1. The maximum absolute atomic E-state index is 5.69. The smallest absolute Gasteiger partial charge is 0.129 e. The van der Waals surface area contributed by atoms with Crippen LogP contribution in [0.15, 0.2) is 18.3 Å². The molecule has 0 aliphatic carbocycles. The molecule has 0 spiro atoms. The highest BCUT2D eigenvalue weighted by Gasteiger charge is 1.99. The zero-order valence-electron chi connectivity index (χ0n) is 9.16. The molecule has 1 atom stereocenters. The Morgan fingerprint density at radius 2 is 2.33 bits per heavy atom. The van der Waals surface area contributed by atoms with Crippen LogP contribution in [0.2, 0.25) is 5.15 Å². The Balaban J connectivity index is 2.22. The second kappa shape index (κ2) is 6.77. The molecule has 0 bridgehead atoms. The van der Waals surface area contributed by atoms with Crippen LogP contribution in [0.1, 0.15) is 12.5 Å². The predicted molar refractivity (Wildman–Crippen MR) is 62.3 cm³/mol. The van der Waals surface area contributed by atoms with Gasteiger partial charge in [-0.15, -0.1) is 0 Å². The van der Waals surface area contributed by atoms with Crippen molar-refractivity contribution in [1.29, 1.82) is 0 Å². The van der Waals surface area contributed by atoms with Gasteiger partial charge in [0.1, 0.15) is 5.15 Å². The Kier molecular flexibility index (Phi) is 5.61. The summed E-state index contributed by atoms with van der Waals surface area (Å²) >= 11 is 5.69. The van der Waals surface area contributed by atoms with Gasteiger partial charge >= 0.3 is 0 Å². The molecule has 1 N–H and O–H groups in total. The molecular formula is C11H17ClN2O. The van der Waals surface area contributed by atoms with Crippen LogP contribution in [0.25, 0.3) is 0 Å². The van der Waals surface area contributed by atoms with Crippen LogP contribution in [0, 0.1) is 0 Å². The lowest BCUT2D eigenvalue weighted by molar-refractivity contribution is 0.172. The van der Waals surface area contributed by atoms with Crippen LogP contribution in [0.5, 0.6) is 0 Å². The summed E-state index contributed by atoms with van der Waals surface area (Å²) in [6.45, 7) is 3.76. The average molecular weight is 229 g/mol. The van der Waals surface area contributed by atoms with Gasteiger partial charge in [-0.05, 0) is 31.5 Å². The van der Waals surface area contributed by atoms with Gasteiger partial charge in [0.2, 0.25) is 0 Å². The summed E-state index contributed by atoms with van der Waals surface area (Å²) in [7, 11) is 1.71. The van der Waals surface area contributed by atoms with E-state index in [-0.39, 0.29) is 0 Å². The van der Waals surface area contributed by atoms with E-state index in [4.69, 9.17) is 16.3 Å². The Labute approximate surface area is 95.8 Å². The minimum Gasteiger partial charge on any atom is -0.383 e. The molecule has 0 saturated carbocycles. The monoisotopic (exact) mass is 228 g/mol. The molecule has 84 valence electrons. The third-order valence-corrected chi connectivity index (χ3v) is 2.34. The van der Waals surface area contributed by atoms with Gasteiger partial charge in [-0.2, -0.15) is 0 Å². The first-order chi connectivity index (χ1) is 7.22. The molecular weight excluding hydrogens is 212 g/mol. The number of hydrogen-bond acceptors (Lipinski definition) is 3. The van der Waals surface area contributed by atoms with Crippen molar-refractivity contribution in [2.45, 2.75) is 19.4 Å². The molecule has 1 aromatic heterocycles. The molecule has 1 rings (SSSR count). The number of halogens is 1. The van der Waals surface area contributed by atoms with Crippen LogP contribution >= 0.6 is 11.6 Å². The fourth-order valence-corrected chi connectivity index (χ4v) is 1.44. The molecule has 0 aromatic carbocycles. The van der Waals surface area contributed by atoms with Crippen molar-refractivity contribution in [2.24, 2.45) is 0 Å². The minimum atomic E-state index is 0.384. The number of hydrogen-bond donors (Lipinski definition) is 1.